The number of rotatable bonds is 8. The molecule has 2 amide bonds. The van der Waals surface area contributed by atoms with Crippen LogP contribution in [0.3, 0.4) is 0 Å². The fourth-order valence-corrected chi connectivity index (χ4v) is 4.09. The van der Waals surface area contributed by atoms with Gasteiger partial charge in [0.15, 0.2) is 5.69 Å². The summed E-state index contributed by atoms with van der Waals surface area (Å²) >= 11 is 0. The Kier molecular flexibility index (Phi) is 7.19. The van der Waals surface area contributed by atoms with Gasteiger partial charge in [-0.2, -0.15) is 0 Å². The quantitative estimate of drug-likeness (QED) is 0.608. The Morgan fingerprint density at radius 2 is 1.94 bits per heavy atom. The second kappa shape index (κ2) is 9.67. The van der Waals surface area contributed by atoms with Crippen LogP contribution in [0.15, 0.2) is 9.59 Å². The van der Waals surface area contributed by atoms with Crippen LogP contribution in [-0.2, 0) is 20.9 Å². The lowest BCUT2D eigenvalue weighted by Gasteiger charge is -2.35. The molecule has 1 aliphatic heterocycles. The van der Waals surface area contributed by atoms with Crippen LogP contribution in [0.1, 0.15) is 39.5 Å². The molecular formula is C21H33N5O5. The van der Waals surface area contributed by atoms with Crippen LogP contribution < -0.4 is 21.9 Å². The molecule has 1 aromatic rings. The van der Waals surface area contributed by atoms with Crippen molar-refractivity contribution in [1.82, 2.24) is 14.5 Å². The van der Waals surface area contributed by atoms with Crippen molar-refractivity contribution in [3.8, 4) is 0 Å². The fourth-order valence-electron chi connectivity index (χ4n) is 4.09. The van der Waals surface area contributed by atoms with E-state index in [2.05, 4.69) is 4.98 Å². The first kappa shape index (κ1) is 23.1. The zero-order valence-electron chi connectivity index (χ0n) is 18.6. The van der Waals surface area contributed by atoms with Crippen molar-refractivity contribution in [1.29, 1.82) is 0 Å². The first-order chi connectivity index (χ1) is 14.7. The topological polar surface area (TPSA) is 131 Å². The molecule has 10 heteroatoms. The highest BCUT2D eigenvalue weighted by atomic mass is 16.5. The number of hydrogen-bond acceptors (Lipinski definition) is 6. The van der Waals surface area contributed by atoms with E-state index in [1.165, 1.54) is 16.6 Å². The summed E-state index contributed by atoms with van der Waals surface area (Å²) in [5.74, 6) is -0.425. The summed E-state index contributed by atoms with van der Waals surface area (Å²) in [4.78, 5) is 56.4. The zero-order chi connectivity index (χ0) is 22.7. The molecule has 1 aliphatic carbocycles. The van der Waals surface area contributed by atoms with E-state index in [0.717, 1.165) is 19.3 Å². The predicted octanol–water partition coefficient (Wildman–Crippen LogP) is 0.403. The largest absolute Gasteiger partial charge is 0.383 e. The summed E-state index contributed by atoms with van der Waals surface area (Å²) < 4.78 is 6.44. The first-order valence-corrected chi connectivity index (χ1v) is 11.0. The Labute approximate surface area is 181 Å². The van der Waals surface area contributed by atoms with Crippen LogP contribution in [0.5, 0.6) is 0 Å². The molecule has 2 aliphatic rings. The van der Waals surface area contributed by atoms with E-state index < -0.39 is 17.2 Å². The molecule has 0 spiro atoms. The second-order valence-electron chi connectivity index (χ2n) is 8.88. The number of nitrogens with zero attached hydrogens (tertiary/aromatic N) is 3. The third-order valence-corrected chi connectivity index (χ3v) is 5.83. The number of hydrogen-bond donors (Lipinski definition) is 2. The summed E-state index contributed by atoms with van der Waals surface area (Å²) in [5.41, 5.74) is 4.91. The third kappa shape index (κ3) is 5.17. The average Bonchev–Trinajstić information content (AvgIpc) is 3.57. The van der Waals surface area contributed by atoms with Gasteiger partial charge >= 0.3 is 5.69 Å². The van der Waals surface area contributed by atoms with Crippen molar-refractivity contribution in [2.24, 2.45) is 17.8 Å². The number of nitrogen functional groups attached to an aromatic ring is 1. The van der Waals surface area contributed by atoms with Crippen molar-refractivity contribution in [2.75, 3.05) is 44.0 Å². The summed E-state index contributed by atoms with van der Waals surface area (Å²) in [6, 6.07) is 0. The minimum absolute atomic E-state index is 0.0337. The molecule has 1 saturated heterocycles. The minimum Gasteiger partial charge on any atom is -0.383 e. The van der Waals surface area contributed by atoms with E-state index in [1.807, 2.05) is 13.8 Å². The Hall–Kier alpha value is -2.62. The zero-order valence-corrected chi connectivity index (χ0v) is 18.6. The normalized spacial score (nSPS) is 19.0. The Morgan fingerprint density at radius 1 is 1.23 bits per heavy atom. The van der Waals surface area contributed by atoms with E-state index in [4.69, 9.17) is 10.5 Å². The number of anilines is 2. The van der Waals surface area contributed by atoms with Crippen molar-refractivity contribution in [2.45, 2.75) is 46.1 Å². The van der Waals surface area contributed by atoms with E-state index in [-0.39, 0.29) is 48.3 Å². The standard InChI is InChI=1S/C21H33N5O5/c1-13(2)11-26-17(22)16(18(27)23-21(26)30)25(9-10-31-3)20(29)15-5-4-8-24(12-15)19(28)14-6-7-14/h13-15H,4-12,22H2,1-3H3,(H,23,27,30). The maximum absolute atomic E-state index is 13.5. The number of likely N-dealkylation sites (tertiary alicyclic amines) is 1. The number of aromatic amines is 1. The van der Waals surface area contributed by atoms with E-state index in [1.54, 1.807) is 4.90 Å². The highest BCUT2D eigenvalue weighted by Gasteiger charge is 2.38. The lowest BCUT2D eigenvalue weighted by molar-refractivity contribution is -0.136. The number of nitrogens with one attached hydrogen (secondary N) is 1. The number of H-pyrrole nitrogens is 1. The Morgan fingerprint density at radius 3 is 2.55 bits per heavy atom. The molecule has 2 fully saturated rings. The van der Waals surface area contributed by atoms with E-state index in [9.17, 15) is 19.2 Å². The molecule has 0 aromatic carbocycles. The monoisotopic (exact) mass is 435 g/mol. The molecule has 1 aromatic heterocycles. The van der Waals surface area contributed by atoms with Crippen molar-refractivity contribution in [3.63, 3.8) is 0 Å². The molecule has 0 bridgehead atoms. The van der Waals surface area contributed by atoms with Gasteiger partial charge in [0.05, 0.1) is 12.5 Å². The van der Waals surface area contributed by atoms with Gasteiger partial charge < -0.3 is 20.3 Å². The van der Waals surface area contributed by atoms with Gasteiger partial charge in [-0.05, 0) is 31.6 Å². The lowest BCUT2D eigenvalue weighted by atomic mass is 9.95. The molecule has 172 valence electrons. The molecule has 1 atom stereocenters. The highest BCUT2D eigenvalue weighted by molar-refractivity contribution is 5.97. The Bertz CT molecular complexity index is 933. The van der Waals surface area contributed by atoms with Crippen LogP contribution in [0.4, 0.5) is 11.5 Å². The van der Waals surface area contributed by atoms with Gasteiger partial charge in [0.2, 0.25) is 11.8 Å². The average molecular weight is 436 g/mol. The number of piperidine rings is 1. The maximum Gasteiger partial charge on any atom is 0.330 e. The summed E-state index contributed by atoms with van der Waals surface area (Å²) in [5, 5.41) is 0. The van der Waals surface area contributed by atoms with Crippen molar-refractivity contribution < 1.29 is 14.3 Å². The molecule has 3 N–H and O–H groups in total. The number of ether oxygens (including phenoxy) is 1. The van der Waals surface area contributed by atoms with Gasteiger partial charge in [-0.1, -0.05) is 13.8 Å². The number of carbonyl (C=O) groups excluding carboxylic acids is 2. The van der Waals surface area contributed by atoms with Crippen LogP contribution >= 0.6 is 0 Å². The van der Waals surface area contributed by atoms with Crippen LogP contribution in [0.25, 0.3) is 0 Å². The SMILES string of the molecule is COCCN(C(=O)C1CCCN(C(=O)C2CC2)C1)c1c(N)n(CC(C)C)c(=O)[nH]c1=O. The van der Waals surface area contributed by atoms with E-state index in [0.29, 0.717) is 26.1 Å². The minimum atomic E-state index is -0.700. The number of aromatic nitrogens is 2. The first-order valence-electron chi connectivity index (χ1n) is 11.0. The van der Waals surface area contributed by atoms with Gasteiger partial charge in [0, 0.05) is 39.2 Å². The van der Waals surface area contributed by atoms with Crippen LogP contribution in [0, 0.1) is 17.8 Å². The molecule has 1 unspecified atom stereocenters. The van der Waals surface area contributed by atoms with Gasteiger partial charge in [-0.3, -0.25) is 23.9 Å². The molecule has 2 heterocycles. The Balaban J connectivity index is 1.92. The number of nitrogens with two attached hydrogens (primary N) is 1. The van der Waals surface area contributed by atoms with E-state index >= 15 is 0 Å². The molecule has 31 heavy (non-hydrogen) atoms. The predicted molar refractivity (Wildman–Crippen MR) is 117 cm³/mol. The molecule has 3 rings (SSSR count). The van der Waals surface area contributed by atoms with Crippen molar-refractivity contribution >= 4 is 23.3 Å². The molecule has 1 saturated carbocycles. The summed E-state index contributed by atoms with van der Waals surface area (Å²) in [7, 11) is 1.51. The van der Waals surface area contributed by atoms with Crippen LogP contribution in [-0.4, -0.2) is 59.6 Å². The van der Waals surface area contributed by atoms with Gasteiger partial charge in [-0.15, -0.1) is 0 Å². The van der Waals surface area contributed by atoms with Gasteiger partial charge in [0.1, 0.15) is 5.82 Å². The lowest BCUT2D eigenvalue weighted by Crippen LogP contribution is -2.50. The molecule has 0 radical (unpaired) electrons. The summed E-state index contributed by atoms with van der Waals surface area (Å²) in [6.45, 7) is 5.48. The third-order valence-electron chi connectivity index (χ3n) is 5.83. The second-order valence-corrected chi connectivity index (χ2v) is 8.88. The number of methoxy groups -OCH3 is 1. The number of carbonyl (C=O) groups is 2. The fraction of sp³-hybridized carbons (Fsp3) is 0.714. The molecule has 10 nitrogen and oxygen atoms in total. The highest BCUT2D eigenvalue weighted by Crippen LogP contribution is 2.33. The van der Waals surface area contributed by atoms with Gasteiger partial charge in [0.25, 0.3) is 5.56 Å². The maximum atomic E-state index is 13.5. The number of amides is 2. The van der Waals surface area contributed by atoms with Crippen molar-refractivity contribution in [3.05, 3.63) is 20.8 Å². The van der Waals surface area contributed by atoms with Gasteiger partial charge in [-0.25, -0.2) is 4.79 Å². The summed E-state index contributed by atoms with van der Waals surface area (Å²) in [6.07, 6.45) is 3.18. The smallest absolute Gasteiger partial charge is 0.330 e. The van der Waals surface area contributed by atoms with Crippen LogP contribution in [0.2, 0.25) is 0 Å². The molecular weight excluding hydrogens is 402 g/mol.